The van der Waals surface area contributed by atoms with Crippen molar-refractivity contribution in [2.24, 2.45) is 0 Å². The van der Waals surface area contributed by atoms with Crippen LogP contribution in [0.5, 0.6) is 0 Å². The van der Waals surface area contributed by atoms with Gasteiger partial charge in [0.2, 0.25) is 0 Å². The summed E-state index contributed by atoms with van der Waals surface area (Å²) in [5, 5.41) is 2.36. The van der Waals surface area contributed by atoms with Crippen molar-refractivity contribution in [3.05, 3.63) is 71.0 Å². The van der Waals surface area contributed by atoms with E-state index in [2.05, 4.69) is 17.2 Å². The minimum absolute atomic E-state index is 0.108. The maximum Gasteiger partial charge on any atom is 0.416 e. The van der Waals surface area contributed by atoms with Crippen molar-refractivity contribution in [3.63, 3.8) is 0 Å². The fraction of sp³-hybridized carbons (Fsp3) is 0.118. The molecule has 0 saturated carbocycles. The third-order valence-corrected chi connectivity index (χ3v) is 2.89. The molecule has 0 heterocycles. The molecule has 0 fully saturated rings. The van der Waals surface area contributed by atoms with Gasteiger partial charge in [-0.3, -0.25) is 4.79 Å². The Morgan fingerprint density at radius 3 is 2.52 bits per heavy atom. The highest BCUT2D eigenvalue weighted by Crippen LogP contribution is 2.29. The smallest absolute Gasteiger partial charge is 0.341 e. The molecule has 0 radical (unpaired) electrons. The third kappa shape index (κ3) is 4.58. The Morgan fingerprint density at radius 1 is 1.09 bits per heavy atom. The average Bonchev–Trinajstić information content (AvgIpc) is 2.52. The van der Waals surface area contributed by atoms with Crippen molar-refractivity contribution in [2.45, 2.75) is 6.18 Å². The van der Waals surface area contributed by atoms with Crippen LogP contribution in [0.2, 0.25) is 0 Å². The molecule has 2 aromatic rings. The van der Waals surface area contributed by atoms with E-state index >= 15 is 0 Å². The van der Waals surface area contributed by atoms with Crippen molar-refractivity contribution < 1.29 is 22.4 Å². The quantitative estimate of drug-likeness (QED) is 0.664. The van der Waals surface area contributed by atoms with Crippen molar-refractivity contribution in [1.29, 1.82) is 0 Å². The predicted octanol–water partition coefficient (Wildman–Crippen LogP) is 3.63. The van der Waals surface area contributed by atoms with Gasteiger partial charge in [-0.15, -0.1) is 0 Å². The molecule has 2 nitrogen and oxygen atoms in total. The maximum atomic E-state index is 13.3. The summed E-state index contributed by atoms with van der Waals surface area (Å²) in [5.74, 6) is 3.92. The Kier molecular flexibility index (Phi) is 5.02. The summed E-state index contributed by atoms with van der Waals surface area (Å²) in [7, 11) is 0. The molecule has 0 aliphatic rings. The van der Waals surface area contributed by atoms with Crippen LogP contribution in [0.25, 0.3) is 0 Å². The van der Waals surface area contributed by atoms with Crippen LogP contribution >= 0.6 is 0 Å². The number of hydrogen-bond acceptors (Lipinski definition) is 1. The van der Waals surface area contributed by atoms with E-state index in [0.29, 0.717) is 0 Å². The Labute approximate surface area is 130 Å². The molecule has 1 N–H and O–H groups in total. The predicted molar refractivity (Wildman–Crippen MR) is 77.1 cm³/mol. The lowest BCUT2D eigenvalue weighted by Crippen LogP contribution is -2.24. The summed E-state index contributed by atoms with van der Waals surface area (Å²) in [6.45, 7) is -0.108. The lowest BCUT2D eigenvalue weighted by molar-refractivity contribution is -0.137. The van der Waals surface area contributed by atoms with E-state index < -0.39 is 23.5 Å². The maximum absolute atomic E-state index is 13.3. The zero-order valence-electron chi connectivity index (χ0n) is 11.7. The molecule has 0 unspecified atom stereocenters. The molecule has 6 heteroatoms. The summed E-state index contributed by atoms with van der Waals surface area (Å²) in [4.78, 5) is 11.8. The standard InChI is InChI=1S/C17H11F4NO/c18-15-9-2-1-5-12(15)7-4-10-22-16(23)13-6-3-8-14(11-13)17(19,20)21/h1-3,5-6,8-9,11H,10H2,(H,22,23). The second-order valence-electron chi connectivity index (χ2n) is 4.54. The van der Waals surface area contributed by atoms with Gasteiger partial charge in [0.05, 0.1) is 17.7 Å². The van der Waals surface area contributed by atoms with Gasteiger partial charge >= 0.3 is 6.18 Å². The first kappa shape index (κ1) is 16.6. The Hall–Kier alpha value is -2.81. The van der Waals surface area contributed by atoms with E-state index in [1.165, 1.54) is 24.3 Å². The molecule has 0 bridgehead atoms. The zero-order chi connectivity index (χ0) is 16.9. The highest BCUT2D eigenvalue weighted by Gasteiger charge is 2.30. The average molecular weight is 321 g/mol. The molecular weight excluding hydrogens is 310 g/mol. The Balaban J connectivity index is 2.00. The van der Waals surface area contributed by atoms with E-state index in [0.717, 1.165) is 18.2 Å². The van der Waals surface area contributed by atoms with Crippen LogP contribution in [-0.2, 0) is 6.18 Å². The van der Waals surface area contributed by atoms with Gasteiger partial charge in [0.25, 0.3) is 5.91 Å². The minimum atomic E-state index is -4.51. The van der Waals surface area contributed by atoms with Gasteiger partial charge in [0.1, 0.15) is 5.82 Å². The number of alkyl halides is 3. The van der Waals surface area contributed by atoms with Crippen LogP contribution in [0.1, 0.15) is 21.5 Å². The summed E-state index contributed by atoms with van der Waals surface area (Å²) in [5.41, 5.74) is -0.837. The third-order valence-electron chi connectivity index (χ3n) is 2.89. The molecule has 2 rings (SSSR count). The van der Waals surface area contributed by atoms with E-state index in [9.17, 15) is 22.4 Å². The van der Waals surface area contributed by atoms with Crippen molar-refractivity contribution in [1.82, 2.24) is 5.32 Å². The van der Waals surface area contributed by atoms with Crippen molar-refractivity contribution in [3.8, 4) is 11.8 Å². The second kappa shape index (κ2) is 6.97. The fourth-order valence-corrected chi connectivity index (χ4v) is 1.77. The van der Waals surface area contributed by atoms with E-state index in [1.807, 2.05) is 0 Å². The van der Waals surface area contributed by atoms with Gasteiger partial charge in [-0.2, -0.15) is 13.2 Å². The number of nitrogens with one attached hydrogen (secondary N) is 1. The normalized spacial score (nSPS) is 10.6. The molecular formula is C17H11F4NO. The van der Waals surface area contributed by atoms with Crippen LogP contribution in [0.4, 0.5) is 17.6 Å². The number of amides is 1. The topological polar surface area (TPSA) is 29.1 Å². The molecule has 0 spiro atoms. The van der Waals surface area contributed by atoms with Gasteiger partial charge in [0, 0.05) is 5.56 Å². The SMILES string of the molecule is O=C(NCC#Cc1ccccc1F)c1cccc(C(F)(F)F)c1. The van der Waals surface area contributed by atoms with Crippen LogP contribution in [0.15, 0.2) is 48.5 Å². The van der Waals surface area contributed by atoms with Gasteiger partial charge in [-0.1, -0.05) is 30.0 Å². The fourth-order valence-electron chi connectivity index (χ4n) is 1.77. The first-order chi connectivity index (χ1) is 10.9. The number of benzene rings is 2. The van der Waals surface area contributed by atoms with Gasteiger partial charge in [-0.25, -0.2) is 4.39 Å². The molecule has 2 aromatic carbocycles. The number of rotatable bonds is 2. The Bertz CT molecular complexity index is 772. The lowest BCUT2D eigenvalue weighted by atomic mass is 10.1. The molecule has 0 atom stereocenters. The molecule has 0 aromatic heterocycles. The van der Waals surface area contributed by atoms with E-state index in [4.69, 9.17) is 0 Å². The van der Waals surface area contributed by atoms with Crippen molar-refractivity contribution in [2.75, 3.05) is 6.54 Å². The summed E-state index contributed by atoms with van der Waals surface area (Å²) >= 11 is 0. The Morgan fingerprint density at radius 2 is 1.83 bits per heavy atom. The second-order valence-corrected chi connectivity index (χ2v) is 4.54. The first-order valence-electron chi connectivity index (χ1n) is 6.57. The highest BCUT2D eigenvalue weighted by molar-refractivity contribution is 5.94. The molecule has 0 aliphatic carbocycles. The number of carbonyl (C=O) groups excluding carboxylic acids is 1. The number of halogens is 4. The number of hydrogen-bond donors (Lipinski definition) is 1. The van der Waals surface area contributed by atoms with Crippen LogP contribution in [0, 0.1) is 17.7 Å². The number of carbonyl (C=O) groups is 1. The van der Waals surface area contributed by atoms with Gasteiger partial charge in [0.15, 0.2) is 0 Å². The molecule has 23 heavy (non-hydrogen) atoms. The molecule has 1 amide bonds. The van der Waals surface area contributed by atoms with Crippen LogP contribution in [-0.4, -0.2) is 12.5 Å². The zero-order valence-corrected chi connectivity index (χ0v) is 11.7. The molecule has 118 valence electrons. The van der Waals surface area contributed by atoms with E-state index in [-0.39, 0.29) is 17.7 Å². The molecule has 0 aliphatic heterocycles. The van der Waals surface area contributed by atoms with Crippen LogP contribution in [0.3, 0.4) is 0 Å². The van der Waals surface area contributed by atoms with E-state index in [1.54, 1.807) is 6.07 Å². The van der Waals surface area contributed by atoms with Gasteiger partial charge < -0.3 is 5.32 Å². The minimum Gasteiger partial charge on any atom is -0.341 e. The summed E-state index contributed by atoms with van der Waals surface area (Å²) in [6, 6.07) is 9.96. The summed E-state index contributed by atoms with van der Waals surface area (Å²) in [6.07, 6.45) is -4.51. The molecule has 0 saturated heterocycles. The highest BCUT2D eigenvalue weighted by atomic mass is 19.4. The van der Waals surface area contributed by atoms with Crippen LogP contribution < -0.4 is 5.32 Å². The van der Waals surface area contributed by atoms with Crippen molar-refractivity contribution >= 4 is 5.91 Å². The van der Waals surface area contributed by atoms with Gasteiger partial charge in [-0.05, 0) is 30.3 Å². The largest absolute Gasteiger partial charge is 0.416 e. The lowest BCUT2D eigenvalue weighted by Gasteiger charge is -2.08. The monoisotopic (exact) mass is 321 g/mol. The summed E-state index contributed by atoms with van der Waals surface area (Å²) < 4.78 is 51.0. The first-order valence-corrected chi connectivity index (χ1v) is 6.57.